The number of carbonyl (C=O) groups is 5. The van der Waals surface area contributed by atoms with Crippen molar-refractivity contribution in [3.63, 3.8) is 0 Å². The summed E-state index contributed by atoms with van der Waals surface area (Å²) >= 11 is 6.24. The number of fused-ring (bicyclic) bond motifs is 1. The van der Waals surface area contributed by atoms with Gasteiger partial charge < -0.3 is 20.3 Å². The Hall–Kier alpha value is -5.41. The predicted molar refractivity (Wildman–Crippen MR) is 209 cm³/mol. The van der Waals surface area contributed by atoms with Crippen LogP contribution in [0.3, 0.4) is 0 Å². The zero-order chi connectivity index (χ0) is 39.7. The highest BCUT2D eigenvalue weighted by Crippen LogP contribution is 2.56. The quantitative estimate of drug-likeness (QED) is 0.230. The van der Waals surface area contributed by atoms with Gasteiger partial charge in [0.05, 0.1) is 21.7 Å². The van der Waals surface area contributed by atoms with Crippen molar-refractivity contribution in [2.45, 2.75) is 90.4 Å². The molecule has 0 aromatic heterocycles. The Kier molecular flexibility index (Phi) is 9.15. The van der Waals surface area contributed by atoms with Crippen LogP contribution in [0.15, 0.2) is 60.7 Å². The maximum Gasteiger partial charge on any atom is 0.262 e. The molecule has 3 aromatic carbocycles. The topological polar surface area (TPSA) is 161 Å². The number of amides is 5. The molecule has 5 amide bonds. The molecule has 4 fully saturated rings. The SMILES string of the molecule is CC1(C)[C@H](NC(=O)c2ccc(N3CCC4(CC3)CC(Nc3ccc5c(c3)C(=O)N(C3CCC(=O)NC3=O)C5=O)C4)cc2)C(C)(C)[C@H]1Oc1ccc(C#N)c(Cl)c1. The zero-order valence-electron chi connectivity index (χ0n) is 31.9. The number of carbonyl (C=O) groups excluding carboxylic acids is 5. The minimum Gasteiger partial charge on any atom is -0.489 e. The van der Waals surface area contributed by atoms with Gasteiger partial charge in [0.25, 0.3) is 17.7 Å². The lowest BCUT2D eigenvalue weighted by Gasteiger charge is -2.63. The number of hydrogen-bond donors (Lipinski definition) is 3. The Labute approximate surface area is 330 Å². The molecule has 3 heterocycles. The van der Waals surface area contributed by atoms with Crippen LogP contribution in [-0.2, 0) is 9.59 Å². The van der Waals surface area contributed by atoms with Crippen molar-refractivity contribution in [2.24, 2.45) is 16.2 Å². The molecule has 56 heavy (non-hydrogen) atoms. The van der Waals surface area contributed by atoms with Gasteiger partial charge in [-0.25, -0.2) is 0 Å². The molecule has 8 rings (SSSR count). The van der Waals surface area contributed by atoms with Gasteiger partial charge in [0, 0.05) is 65.4 Å². The average molecular weight is 777 g/mol. The first-order valence-electron chi connectivity index (χ1n) is 19.2. The molecule has 3 N–H and O–H groups in total. The molecule has 13 heteroatoms. The third kappa shape index (κ3) is 6.36. The molecule has 3 aromatic rings. The molecule has 1 spiro atoms. The Bertz CT molecular complexity index is 2180. The van der Waals surface area contributed by atoms with E-state index in [1.165, 1.54) is 0 Å². The number of rotatable bonds is 8. The number of nitriles is 1. The van der Waals surface area contributed by atoms with Crippen LogP contribution in [0.2, 0.25) is 5.02 Å². The molecule has 1 atom stereocenters. The summed E-state index contributed by atoms with van der Waals surface area (Å²) in [5.74, 6) is -1.56. The number of hydrogen-bond acceptors (Lipinski definition) is 9. The Morgan fingerprint density at radius 3 is 2.23 bits per heavy atom. The molecule has 3 aliphatic heterocycles. The van der Waals surface area contributed by atoms with Crippen LogP contribution < -0.4 is 25.6 Å². The van der Waals surface area contributed by atoms with Crippen LogP contribution in [0, 0.1) is 27.6 Å². The van der Waals surface area contributed by atoms with E-state index in [9.17, 15) is 29.2 Å². The van der Waals surface area contributed by atoms with E-state index in [-0.39, 0.29) is 64.3 Å². The molecule has 2 saturated heterocycles. The standard InChI is InChI=1S/C43H45ClN6O6/c1-41(2)39(42(3,4)40(41)56-29-11-7-25(23-45)32(44)20-29)48-35(52)24-5-9-28(10-6-24)49-17-15-43(16-18-49)21-27(22-43)46-26-8-12-30-31(19-26)38(55)50(37(30)54)33-13-14-34(51)47-36(33)53/h5-12,19-20,27,33,39-40,46H,13-18,21-22H2,1-4H3,(H,48,52)(H,47,51,53)/t33?,39-,40-. The Balaban J connectivity index is 0.818. The van der Waals surface area contributed by atoms with E-state index in [1.807, 2.05) is 30.3 Å². The fraction of sp³-hybridized carbons (Fsp3) is 0.442. The number of piperidine rings is 2. The molecule has 0 radical (unpaired) electrons. The third-order valence-electron chi connectivity index (χ3n) is 12.9. The van der Waals surface area contributed by atoms with E-state index >= 15 is 0 Å². The summed E-state index contributed by atoms with van der Waals surface area (Å²) < 4.78 is 6.37. The van der Waals surface area contributed by atoms with Gasteiger partial charge >= 0.3 is 0 Å². The van der Waals surface area contributed by atoms with Crippen LogP contribution in [0.5, 0.6) is 5.75 Å². The van der Waals surface area contributed by atoms with E-state index < -0.39 is 29.7 Å². The molecule has 5 aliphatic rings. The van der Waals surface area contributed by atoms with E-state index in [4.69, 9.17) is 16.3 Å². The molecule has 290 valence electrons. The highest BCUT2D eigenvalue weighted by Gasteiger charge is 2.64. The molecular formula is C43H45ClN6O6. The van der Waals surface area contributed by atoms with Crippen LogP contribution in [-0.4, -0.2) is 71.8 Å². The second kappa shape index (κ2) is 13.7. The van der Waals surface area contributed by atoms with Gasteiger partial charge in [0.1, 0.15) is 24.0 Å². The molecule has 0 bridgehead atoms. The Morgan fingerprint density at radius 2 is 1.59 bits per heavy atom. The van der Waals surface area contributed by atoms with E-state index in [2.05, 4.69) is 54.6 Å². The normalized spacial score (nSPS) is 24.8. The van der Waals surface area contributed by atoms with Crippen molar-refractivity contribution in [3.05, 3.63) is 87.9 Å². The number of halogens is 1. The van der Waals surface area contributed by atoms with Crippen molar-refractivity contribution < 1.29 is 28.7 Å². The lowest BCUT2D eigenvalue weighted by atomic mass is 9.49. The highest BCUT2D eigenvalue weighted by atomic mass is 35.5. The fourth-order valence-electron chi connectivity index (χ4n) is 10.2. The summed E-state index contributed by atoms with van der Waals surface area (Å²) in [5, 5.41) is 18.6. The molecule has 12 nitrogen and oxygen atoms in total. The van der Waals surface area contributed by atoms with Gasteiger partial charge in [0.2, 0.25) is 11.8 Å². The Morgan fingerprint density at radius 1 is 0.911 bits per heavy atom. The number of anilines is 2. The lowest BCUT2D eigenvalue weighted by molar-refractivity contribution is -0.164. The number of benzene rings is 3. The number of imide groups is 2. The largest absolute Gasteiger partial charge is 0.489 e. The number of ether oxygens (including phenoxy) is 1. The summed E-state index contributed by atoms with van der Waals surface area (Å²) in [5.41, 5.74) is 2.93. The summed E-state index contributed by atoms with van der Waals surface area (Å²) in [4.78, 5) is 67.2. The van der Waals surface area contributed by atoms with Gasteiger partial charge in [0.15, 0.2) is 0 Å². The molecule has 2 aliphatic carbocycles. The van der Waals surface area contributed by atoms with E-state index in [1.54, 1.807) is 30.3 Å². The van der Waals surface area contributed by atoms with Gasteiger partial charge in [-0.2, -0.15) is 5.26 Å². The van der Waals surface area contributed by atoms with E-state index in [0.29, 0.717) is 21.9 Å². The van der Waals surface area contributed by atoms with Crippen LogP contribution in [0.25, 0.3) is 0 Å². The molecule has 1 unspecified atom stereocenters. The summed E-state index contributed by atoms with van der Waals surface area (Å²) in [6.07, 6.45) is 4.14. The summed E-state index contributed by atoms with van der Waals surface area (Å²) in [6, 6.07) is 19.3. The van der Waals surface area contributed by atoms with Gasteiger partial charge in [-0.3, -0.25) is 34.2 Å². The highest BCUT2D eigenvalue weighted by molar-refractivity contribution is 6.31. The monoisotopic (exact) mass is 776 g/mol. The second-order valence-corrected chi connectivity index (χ2v) is 17.7. The van der Waals surface area contributed by atoms with Crippen molar-refractivity contribution in [1.82, 2.24) is 15.5 Å². The zero-order valence-corrected chi connectivity index (χ0v) is 32.7. The van der Waals surface area contributed by atoms with Crippen LogP contribution >= 0.6 is 11.6 Å². The van der Waals surface area contributed by atoms with Gasteiger partial charge in [-0.05, 0) is 92.1 Å². The van der Waals surface area contributed by atoms with Crippen LogP contribution in [0.1, 0.15) is 103 Å². The van der Waals surface area contributed by atoms with Crippen molar-refractivity contribution in [1.29, 1.82) is 5.26 Å². The lowest BCUT2D eigenvalue weighted by Crippen LogP contribution is -2.74. The minimum atomic E-state index is -0.984. The van der Waals surface area contributed by atoms with Gasteiger partial charge in [-0.1, -0.05) is 39.3 Å². The van der Waals surface area contributed by atoms with Gasteiger partial charge in [-0.15, -0.1) is 0 Å². The smallest absolute Gasteiger partial charge is 0.262 e. The number of nitrogens with zero attached hydrogens (tertiary/aromatic N) is 3. The predicted octanol–water partition coefficient (Wildman–Crippen LogP) is 6.09. The van der Waals surface area contributed by atoms with E-state index in [0.717, 1.165) is 55.0 Å². The van der Waals surface area contributed by atoms with Crippen molar-refractivity contribution in [2.75, 3.05) is 23.3 Å². The van der Waals surface area contributed by atoms with Crippen molar-refractivity contribution >= 4 is 52.5 Å². The first-order chi connectivity index (χ1) is 26.6. The molecule has 2 saturated carbocycles. The van der Waals surface area contributed by atoms with Crippen LogP contribution in [0.4, 0.5) is 11.4 Å². The fourth-order valence-corrected chi connectivity index (χ4v) is 10.4. The maximum atomic E-state index is 13.5. The summed E-state index contributed by atoms with van der Waals surface area (Å²) in [6.45, 7) is 10.2. The first kappa shape index (κ1) is 37.5. The molecular weight excluding hydrogens is 732 g/mol. The first-order valence-corrected chi connectivity index (χ1v) is 19.6. The second-order valence-electron chi connectivity index (χ2n) is 17.3. The summed E-state index contributed by atoms with van der Waals surface area (Å²) in [7, 11) is 0. The average Bonchev–Trinajstić information content (AvgIpc) is 3.40. The number of nitrogens with one attached hydrogen (secondary N) is 3. The maximum absolute atomic E-state index is 13.5. The minimum absolute atomic E-state index is 0.0834. The van der Waals surface area contributed by atoms with Crippen molar-refractivity contribution in [3.8, 4) is 11.8 Å². The third-order valence-corrected chi connectivity index (χ3v) is 13.2.